The van der Waals surface area contributed by atoms with Gasteiger partial charge in [-0.25, -0.2) is 22.0 Å². The van der Waals surface area contributed by atoms with Crippen LogP contribution in [-0.4, -0.2) is 80.6 Å². The van der Waals surface area contributed by atoms with Gasteiger partial charge in [0.15, 0.2) is 9.84 Å². The maximum Gasteiger partial charge on any atom is 0.240 e. The van der Waals surface area contributed by atoms with Crippen molar-refractivity contribution in [3.8, 4) is 11.4 Å². The van der Waals surface area contributed by atoms with Crippen molar-refractivity contribution < 1.29 is 21.9 Å². The topological polar surface area (TPSA) is 224 Å². The van der Waals surface area contributed by atoms with E-state index in [0.29, 0.717) is 31.2 Å². The second kappa shape index (κ2) is 9.13. The summed E-state index contributed by atoms with van der Waals surface area (Å²) in [4.78, 5) is 0.719. The Morgan fingerprint density at radius 3 is 2.39 bits per heavy atom. The fourth-order valence-electron chi connectivity index (χ4n) is 3.65. The van der Waals surface area contributed by atoms with Crippen molar-refractivity contribution in [2.45, 2.75) is 28.7 Å². The van der Waals surface area contributed by atoms with Crippen LogP contribution in [0, 0.1) is 5.92 Å². The number of aliphatic hydroxyl groups is 1. The van der Waals surface area contributed by atoms with Crippen LogP contribution in [0.5, 0.6) is 0 Å². The second-order valence-corrected chi connectivity index (χ2v) is 10.9. The van der Waals surface area contributed by atoms with E-state index >= 15 is 0 Å². The molecule has 3 rings (SSSR count). The van der Waals surface area contributed by atoms with Gasteiger partial charge < -0.3 is 21.5 Å². The first-order chi connectivity index (χ1) is 14.6. The van der Waals surface area contributed by atoms with Gasteiger partial charge in [0.25, 0.3) is 0 Å². The van der Waals surface area contributed by atoms with Crippen molar-refractivity contribution >= 4 is 25.5 Å². The van der Waals surface area contributed by atoms with Gasteiger partial charge in [-0.1, -0.05) is 0 Å². The first kappa shape index (κ1) is 23.5. The van der Waals surface area contributed by atoms with Crippen LogP contribution in [-0.2, 0) is 19.9 Å². The third-order valence-electron chi connectivity index (χ3n) is 5.26. The molecule has 1 unspecified atom stereocenters. The number of aromatic amines is 1. The molecule has 13 nitrogen and oxygen atoms in total. The van der Waals surface area contributed by atoms with E-state index in [1.165, 1.54) is 12.1 Å². The van der Waals surface area contributed by atoms with Gasteiger partial charge in [0.05, 0.1) is 22.3 Å². The monoisotopic (exact) mass is 474 g/mol. The van der Waals surface area contributed by atoms with E-state index in [9.17, 15) is 21.9 Å². The maximum atomic E-state index is 12.9. The lowest BCUT2D eigenvalue weighted by atomic mass is 9.96. The Balaban J connectivity index is 2.24. The molecule has 1 aliphatic rings. The Labute approximate surface area is 180 Å². The minimum atomic E-state index is -4.55. The highest BCUT2D eigenvalue weighted by molar-refractivity contribution is 7.93. The van der Waals surface area contributed by atoms with Gasteiger partial charge in [-0.05, 0) is 42.7 Å². The SMILES string of the molecule is NCC(O)CS(=O)(=O)c1ccc(N2CCC(CN)CC2)c(-c2nn[nH]n2)c1S(N)(=O)=O. The Morgan fingerprint density at radius 1 is 1.19 bits per heavy atom. The first-order valence-corrected chi connectivity index (χ1v) is 12.8. The molecular weight excluding hydrogens is 448 g/mol. The average Bonchev–Trinajstić information content (AvgIpc) is 3.26. The van der Waals surface area contributed by atoms with Gasteiger partial charge in [-0.15, -0.1) is 10.2 Å². The third kappa shape index (κ3) is 5.02. The van der Waals surface area contributed by atoms with Crippen LogP contribution in [0.2, 0.25) is 0 Å². The summed E-state index contributed by atoms with van der Waals surface area (Å²) < 4.78 is 51.1. The van der Waals surface area contributed by atoms with E-state index in [1.807, 2.05) is 4.90 Å². The summed E-state index contributed by atoms with van der Waals surface area (Å²) in [6.07, 6.45) is 0.201. The molecule has 0 radical (unpaired) electrons. The van der Waals surface area contributed by atoms with Crippen LogP contribution >= 0.6 is 0 Å². The van der Waals surface area contributed by atoms with Crippen LogP contribution in [0.25, 0.3) is 11.4 Å². The highest BCUT2D eigenvalue weighted by Gasteiger charge is 2.34. The Hall–Kier alpha value is -2.17. The molecule has 2 aromatic rings. The molecule has 1 aliphatic heterocycles. The number of piperidine rings is 1. The first-order valence-electron chi connectivity index (χ1n) is 9.58. The normalized spacial score (nSPS) is 17.1. The number of anilines is 1. The molecule has 15 heteroatoms. The summed E-state index contributed by atoms with van der Waals surface area (Å²) in [5, 5.41) is 28.7. The molecule has 0 bridgehead atoms. The summed E-state index contributed by atoms with van der Waals surface area (Å²) in [7, 11) is -8.82. The molecule has 172 valence electrons. The van der Waals surface area contributed by atoms with E-state index in [1.54, 1.807) is 0 Å². The number of aromatic nitrogens is 4. The molecule has 2 heterocycles. The molecule has 1 aromatic carbocycles. The van der Waals surface area contributed by atoms with Gasteiger partial charge in [0.1, 0.15) is 4.90 Å². The number of tetrazole rings is 1. The predicted octanol–water partition coefficient (Wildman–Crippen LogP) is -2.22. The van der Waals surface area contributed by atoms with Crippen LogP contribution < -0.4 is 21.5 Å². The Bertz CT molecular complexity index is 1110. The number of sulfonamides is 1. The Morgan fingerprint density at radius 2 is 1.87 bits per heavy atom. The number of hydrogen-bond donors (Lipinski definition) is 5. The van der Waals surface area contributed by atoms with Gasteiger partial charge >= 0.3 is 0 Å². The number of hydrogen-bond acceptors (Lipinski definition) is 11. The molecule has 31 heavy (non-hydrogen) atoms. The molecule has 0 amide bonds. The van der Waals surface area contributed by atoms with E-state index in [4.69, 9.17) is 16.6 Å². The van der Waals surface area contributed by atoms with Gasteiger partial charge in [0.2, 0.25) is 15.8 Å². The molecule has 0 spiro atoms. The lowest BCUT2D eigenvalue weighted by Gasteiger charge is -2.34. The fraction of sp³-hybridized carbons (Fsp3) is 0.562. The molecule has 1 fully saturated rings. The molecule has 0 saturated carbocycles. The van der Waals surface area contributed by atoms with Crippen molar-refractivity contribution in [2.75, 3.05) is 36.8 Å². The minimum absolute atomic E-state index is 0.0641. The van der Waals surface area contributed by atoms with E-state index < -0.39 is 41.5 Å². The highest BCUT2D eigenvalue weighted by atomic mass is 32.2. The summed E-state index contributed by atoms with van der Waals surface area (Å²) in [6.45, 7) is 1.40. The lowest BCUT2D eigenvalue weighted by Crippen LogP contribution is -2.37. The lowest BCUT2D eigenvalue weighted by molar-refractivity contribution is 0.205. The smallest absolute Gasteiger partial charge is 0.240 e. The van der Waals surface area contributed by atoms with Crippen LogP contribution in [0.4, 0.5) is 5.69 Å². The highest BCUT2D eigenvalue weighted by Crippen LogP contribution is 2.39. The minimum Gasteiger partial charge on any atom is -0.391 e. The maximum absolute atomic E-state index is 12.9. The number of aliphatic hydroxyl groups excluding tert-OH is 1. The van der Waals surface area contributed by atoms with Crippen molar-refractivity contribution in [1.82, 2.24) is 20.6 Å². The van der Waals surface area contributed by atoms with Crippen LogP contribution in [0.3, 0.4) is 0 Å². The van der Waals surface area contributed by atoms with Gasteiger partial charge in [0, 0.05) is 25.3 Å². The van der Waals surface area contributed by atoms with Crippen molar-refractivity contribution in [3.63, 3.8) is 0 Å². The predicted molar refractivity (Wildman–Crippen MR) is 112 cm³/mol. The second-order valence-electron chi connectivity index (χ2n) is 7.40. The van der Waals surface area contributed by atoms with Crippen molar-refractivity contribution in [3.05, 3.63) is 12.1 Å². The zero-order chi connectivity index (χ0) is 22.8. The fourth-order valence-corrected chi connectivity index (χ4v) is 6.69. The molecule has 1 atom stereocenters. The average molecular weight is 475 g/mol. The number of nitrogens with two attached hydrogens (primary N) is 3. The molecule has 1 saturated heterocycles. The van der Waals surface area contributed by atoms with E-state index in [2.05, 4.69) is 20.6 Å². The standard InChI is InChI=1S/C16H26N8O5S2/c17-7-10-3-5-24(6-4-10)12-1-2-13(30(26,27)9-11(25)8-18)15(31(19,28)29)14(12)16-20-22-23-21-16/h1-2,10-11,25H,3-9,17-18H2,(H2,19,28,29)(H,20,21,22,23). The van der Waals surface area contributed by atoms with Crippen LogP contribution in [0.15, 0.2) is 21.9 Å². The molecule has 8 N–H and O–H groups in total. The largest absolute Gasteiger partial charge is 0.391 e. The van der Waals surface area contributed by atoms with E-state index in [0.717, 1.165) is 12.8 Å². The summed E-state index contributed by atoms with van der Waals surface area (Å²) in [5.74, 6) is -0.532. The third-order valence-corrected chi connectivity index (χ3v) is 8.22. The number of H-pyrrole nitrogens is 1. The molecule has 0 aliphatic carbocycles. The summed E-state index contributed by atoms with van der Waals surface area (Å²) >= 11 is 0. The number of nitrogens with zero attached hydrogens (tertiary/aromatic N) is 4. The van der Waals surface area contributed by atoms with Crippen LogP contribution in [0.1, 0.15) is 12.8 Å². The number of primary sulfonamides is 1. The Kier molecular flexibility index (Phi) is 6.92. The van der Waals surface area contributed by atoms with Gasteiger partial charge in [-0.3, -0.25) is 0 Å². The zero-order valence-corrected chi connectivity index (χ0v) is 18.3. The molecule has 1 aromatic heterocycles. The summed E-state index contributed by atoms with van der Waals surface area (Å²) in [5.41, 5.74) is 11.4. The number of sulfone groups is 1. The summed E-state index contributed by atoms with van der Waals surface area (Å²) in [6, 6.07) is 2.66. The van der Waals surface area contributed by atoms with Crippen molar-refractivity contribution in [2.24, 2.45) is 22.5 Å². The van der Waals surface area contributed by atoms with Crippen molar-refractivity contribution in [1.29, 1.82) is 0 Å². The zero-order valence-electron chi connectivity index (χ0n) is 16.7. The number of rotatable bonds is 8. The number of benzene rings is 1. The molecular formula is C16H26N8O5S2. The van der Waals surface area contributed by atoms with Gasteiger partial charge in [-0.2, -0.15) is 5.21 Å². The van der Waals surface area contributed by atoms with E-state index in [-0.39, 0.29) is 17.9 Å². The number of nitrogens with one attached hydrogen (secondary N) is 1. The quantitative estimate of drug-likeness (QED) is 0.275.